The SMILES string of the molecule is CC[C@@H](c1ccccc1)N1CC[C@H](c2ccc(Cl)c(Cl)c2)C1. The largest absolute Gasteiger partial charge is 0.296 e. The second kappa shape index (κ2) is 7.04. The van der Waals surface area contributed by atoms with Gasteiger partial charge in [-0.25, -0.2) is 0 Å². The molecule has 1 nitrogen and oxygen atoms in total. The van der Waals surface area contributed by atoms with Gasteiger partial charge in [-0.2, -0.15) is 0 Å². The molecule has 0 aliphatic carbocycles. The van der Waals surface area contributed by atoms with Crippen LogP contribution in [0.15, 0.2) is 48.5 Å². The minimum Gasteiger partial charge on any atom is -0.296 e. The van der Waals surface area contributed by atoms with E-state index in [2.05, 4.69) is 48.2 Å². The van der Waals surface area contributed by atoms with Crippen molar-refractivity contribution in [3.05, 3.63) is 69.7 Å². The molecule has 2 aromatic carbocycles. The Balaban J connectivity index is 1.75. The second-order valence-corrected chi connectivity index (χ2v) is 6.80. The first-order valence-electron chi connectivity index (χ1n) is 7.93. The number of halogens is 2. The molecule has 0 amide bonds. The maximum Gasteiger partial charge on any atom is 0.0595 e. The third kappa shape index (κ3) is 3.32. The van der Waals surface area contributed by atoms with Gasteiger partial charge in [0, 0.05) is 12.6 Å². The average Bonchev–Trinajstić information content (AvgIpc) is 3.01. The number of nitrogens with zero attached hydrogens (tertiary/aromatic N) is 1. The summed E-state index contributed by atoms with van der Waals surface area (Å²) in [6.45, 7) is 4.49. The smallest absolute Gasteiger partial charge is 0.0595 e. The number of rotatable bonds is 4. The molecule has 0 N–H and O–H groups in total. The zero-order valence-electron chi connectivity index (χ0n) is 12.8. The van der Waals surface area contributed by atoms with E-state index in [4.69, 9.17) is 23.2 Å². The summed E-state index contributed by atoms with van der Waals surface area (Å²) in [5.41, 5.74) is 2.72. The van der Waals surface area contributed by atoms with Crippen LogP contribution in [0.25, 0.3) is 0 Å². The third-order valence-corrected chi connectivity index (χ3v) is 5.39. The number of likely N-dealkylation sites (tertiary alicyclic amines) is 1. The minimum atomic E-state index is 0.508. The Morgan fingerprint density at radius 1 is 1.09 bits per heavy atom. The van der Waals surface area contributed by atoms with Crippen LogP contribution in [0.5, 0.6) is 0 Å². The van der Waals surface area contributed by atoms with E-state index in [1.807, 2.05) is 12.1 Å². The molecule has 3 heteroatoms. The Labute approximate surface area is 142 Å². The molecule has 0 radical (unpaired) electrons. The zero-order chi connectivity index (χ0) is 15.5. The summed E-state index contributed by atoms with van der Waals surface area (Å²) < 4.78 is 0. The van der Waals surface area contributed by atoms with Gasteiger partial charge in [-0.15, -0.1) is 0 Å². The highest BCUT2D eigenvalue weighted by Crippen LogP contribution is 2.36. The molecule has 2 aromatic rings. The van der Waals surface area contributed by atoms with Crippen molar-refractivity contribution in [2.75, 3.05) is 13.1 Å². The fourth-order valence-electron chi connectivity index (χ4n) is 3.49. The summed E-state index contributed by atoms with van der Waals surface area (Å²) in [4.78, 5) is 2.60. The van der Waals surface area contributed by atoms with E-state index in [0.717, 1.165) is 19.5 Å². The van der Waals surface area contributed by atoms with Crippen molar-refractivity contribution >= 4 is 23.2 Å². The predicted octanol–water partition coefficient (Wildman–Crippen LogP) is 5.93. The molecule has 1 aliphatic heterocycles. The van der Waals surface area contributed by atoms with Gasteiger partial charge in [0.15, 0.2) is 0 Å². The van der Waals surface area contributed by atoms with Crippen molar-refractivity contribution in [1.82, 2.24) is 4.90 Å². The van der Waals surface area contributed by atoms with Crippen molar-refractivity contribution in [1.29, 1.82) is 0 Å². The lowest BCUT2D eigenvalue weighted by Gasteiger charge is -2.27. The van der Waals surface area contributed by atoms with E-state index in [-0.39, 0.29) is 0 Å². The van der Waals surface area contributed by atoms with Gasteiger partial charge in [-0.3, -0.25) is 4.90 Å². The van der Waals surface area contributed by atoms with Gasteiger partial charge in [0.25, 0.3) is 0 Å². The van der Waals surface area contributed by atoms with E-state index < -0.39 is 0 Å². The van der Waals surface area contributed by atoms with Gasteiger partial charge >= 0.3 is 0 Å². The lowest BCUT2D eigenvalue weighted by atomic mass is 9.98. The van der Waals surface area contributed by atoms with Gasteiger partial charge in [0.1, 0.15) is 0 Å². The van der Waals surface area contributed by atoms with Crippen LogP contribution in [-0.2, 0) is 0 Å². The lowest BCUT2D eigenvalue weighted by Crippen LogP contribution is -2.26. The van der Waals surface area contributed by atoms with E-state index in [1.165, 1.54) is 17.5 Å². The molecule has 0 aromatic heterocycles. The van der Waals surface area contributed by atoms with E-state index in [9.17, 15) is 0 Å². The maximum atomic E-state index is 6.17. The molecule has 1 saturated heterocycles. The van der Waals surface area contributed by atoms with Crippen molar-refractivity contribution in [3.63, 3.8) is 0 Å². The van der Waals surface area contributed by atoms with E-state index in [1.54, 1.807) is 0 Å². The van der Waals surface area contributed by atoms with Crippen LogP contribution in [0.2, 0.25) is 10.0 Å². The highest BCUT2D eigenvalue weighted by atomic mass is 35.5. The summed E-state index contributed by atoms with van der Waals surface area (Å²) in [7, 11) is 0. The zero-order valence-corrected chi connectivity index (χ0v) is 14.3. The quantitative estimate of drug-likeness (QED) is 0.669. The standard InChI is InChI=1S/C19H21Cl2N/c1-2-19(14-6-4-3-5-7-14)22-11-10-16(13-22)15-8-9-17(20)18(21)12-15/h3-9,12,16,19H,2,10-11,13H2,1H3/t16-,19-/m0/s1. The van der Waals surface area contributed by atoms with Crippen LogP contribution in [0, 0.1) is 0 Å². The Hall–Kier alpha value is -1.02. The Bertz CT molecular complexity index is 627. The highest BCUT2D eigenvalue weighted by molar-refractivity contribution is 6.42. The third-order valence-electron chi connectivity index (χ3n) is 4.65. The molecular weight excluding hydrogens is 313 g/mol. The first kappa shape index (κ1) is 15.9. The summed E-state index contributed by atoms with van der Waals surface area (Å²) in [5, 5.41) is 1.30. The molecule has 22 heavy (non-hydrogen) atoms. The minimum absolute atomic E-state index is 0.508. The van der Waals surface area contributed by atoms with Crippen molar-refractivity contribution in [2.24, 2.45) is 0 Å². The highest BCUT2D eigenvalue weighted by Gasteiger charge is 2.29. The lowest BCUT2D eigenvalue weighted by molar-refractivity contribution is 0.236. The van der Waals surface area contributed by atoms with Crippen LogP contribution in [0.3, 0.4) is 0 Å². The van der Waals surface area contributed by atoms with Gasteiger partial charge in [-0.1, -0.05) is 66.5 Å². The predicted molar refractivity (Wildman–Crippen MR) is 94.9 cm³/mol. The van der Waals surface area contributed by atoms with Crippen molar-refractivity contribution < 1.29 is 0 Å². The monoisotopic (exact) mass is 333 g/mol. The molecule has 0 bridgehead atoms. The molecule has 3 rings (SSSR count). The van der Waals surface area contributed by atoms with Gasteiger partial charge < -0.3 is 0 Å². The van der Waals surface area contributed by atoms with Gasteiger partial charge in [0.05, 0.1) is 10.0 Å². The van der Waals surface area contributed by atoms with Crippen LogP contribution in [0.4, 0.5) is 0 Å². The first-order valence-corrected chi connectivity index (χ1v) is 8.68. The van der Waals surface area contributed by atoms with Crippen LogP contribution in [-0.4, -0.2) is 18.0 Å². The Morgan fingerprint density at radius 2 is 1.86 bits per heavy atom. The number of hydrogen-bond acceptors (Lipinski definition) is 1. The van der Waals surface area contributed by atoms with Gasteiger partial charge in [-0.05, 0) is 48.6 Å². The fraction of sp³-hybridized carbons (Fsp3) is 0.368. The summed E-state index contributed by atoms with van der Waals surface area (Å²) in [6, 6.07) is 17.4. The maximum absolute atomic E-state index is 6.17. The number of hydrogen-bond donors (Lipinski definition) is 0. The Morgan fingerprint density at radius 3 is 2.55 bits per heavy atom. The molecule has 1 fully saturated rings. The molecule has 0 saturated carbocycles. The summed E-state index contributed by atoms with van der Waals surface area (Å²) >= 11 is 12.2. The summed E-state index contributed by atoms with van der Waals surface area (Å²) in [6.07, 6.45) is 2.32. The molecule has 1 heterocycles. The molecule has 116 valence electrons. The van der Waals surface area contributed by atoms with E-state index in [0.29, 0.717) is 22.0 Å². The Kier molecular flexibility index (Phi) is 5.07. The molecule has 0 unspecified atom stereocenters. The first-order chi connectivity index (χ1) is 10.7. The van der Waals surface area contributed by atoms with Crippen molar-refractivity contribution in [2.45, 2.75) is 31.7 Å². The van der Waals surface area contributed by atoms with Crippen LogP contribution >= 0.6 is 23.2 Å². The summed E-state index contributed by atoms with van der Waals surface area (Å²) in [5.74, 6) is 0.549. The molecular formula is C19H21Cl2N. The molecule has 1 aliphatic rings. The van der Waals surface area contributed by atoms with E-state index >= 15 is 0 Å². The normalized spacial score (nSPS) is 20.2. The molecule has 2 atom stereocenters. The van der Waals surface area contributed by atoms with Crippen LogP contribution < -0.4 is 0 Å². The fourth-order valence-corrected chi connectivity index (χ4v) is 3.80. The number of benzene rings is 2. The van der Waals surface area contributed by atoms with Crippen LogP contribution in [0.1, 0.15) is 42.9 Å². The van der Waals surface area contributed by atoms with Crippen molar-refractivity contribution in [3.8, 4) is 0 Å². The van der Waals surface area contributed by atoms with Gasteiger partial charge in [0.2, 0.25) is 0 Å². The topological polar surface area (TPSA) is 3.24 Å². The average molecular weight is 334 g/mol. The molecule has 0 spiro atoms. The second-order valence-electron chi connectivity index (χ2n) is 5.99.